The molecule has 0 aromatic rings. The highest BCUT2D eigenvalue weighted by Crippen LogP contribution is 1.99. The summed E-state index contributed by atoms with van der Waals surface area (Å²) in [6.45, 7) is 4.94. The Morgan fingerprint density at radius 1 is 1.67 bits per heavy atom. The smallest absolute Gasteiger partial charge is 0.244 e. The topological polar surface area (TPSA) is 75.3 Å². The SMILES string of the molecule is C=C(CC(C)O)C(N)=O.CNC. The van der Waals surface area contributed by atoms with Gasteiger partial charge in [-0.15, -0.1) is 0 Å². The highest BCUT2D eigenvalue weighted by Gasteiger charge is 2.03. The first-order chi connectivity index (χ1) is 5.45. The normalized spacial score (nSPS) is 11.0. The summed E-state index contributed by atoms with van der Waals surface area (Å²) in [5, 5.41) is 11.5. The zero-order chi connectivity index (χ0) is 10.1. The fourth-order valence-electron chi connectivity index (χ4n) is 0.457. The third kappa shape index (κ3) is 11.9. The van der Waals surface area contributed by atoms with Crippen molar-refractivity contribution in [3.63, 3.8) is 0 Å². The molecule has 4 nitrogen and oxygen atoms in total. The third-order valence-electron chi connectivity index (χ3n) is 0.890. The van der Waals surface area contributed by atoms with Crippen LogP contribution in [0.1, 0.15) is 13.3 Å². The predicted molar refractivity (Wildman–Crippen MR) is 49.6 cm³/mol. The number of amides is 1. The molecular formula is C8H18N2O2. The van der Waals surface area contributed by atoms with E-state index in [9.17, 15) is 4.79 Å². The van der Waals surface area contributed by atoms with E-state index >= 15 is 0 Å². The van der Waals surface area contributed by atoms with Crippen LogP contribution in [0.25, 0.3) is 0 Å². The largest absolute Gasteiger partial charge is 0.393 e. The highest BCUT2D eigenvalue weighted by molar-refractivity contribution is 5.91. The Kier molecular flexibility index (Phi) is 9.40. The van der Waals surface area contributed by atoms with Gasteiger partial charge in [-0.25, -0.2) is 0 Å². The summed E-state index contributed by atoms with van der Waals surface area (Å²) < 4.78 is 0. The second kappa shape index (κ2) is 8.23. The van der Waals surface area contributed by atoms with E-state index in [1.807, 2.05) is 14.1 Å². The minimum Gasteiger partial charge on any atom is -0.393 e. The Morgan fingerprint density at radius 2 is 2.00 bits per heavy atom. The van der Waals surface area contributed by atoms with Crippen LogP contribution in [-0.4, -0.2) is 31.2 Å². The minimum atomic E-state index is -0.545. The van der Waals surface area contributed by atoms with E-state index in [2.05, 4.69) is 11.9 Å². The fourth-order valence-corrected chi connectivity index (χ4v) is 0.457. The summed E-state index contributed by atoms with van der Waals surface area (Å²) >= 11 is 0. The monoisotopic (exact) mass is 174 g/mol. The minimum absolute atomic E-state index is 0.259. The molecule has 0 aliphatic rings. The second-order valence-electron chi connectivity index (χ2n) is 2.52. The number of aliphatic hydroxyl groups excluding tert-OH is 1. The molecule has 0 aromatic carbocycles. The van der Waals surface area contributed by atoms with Gasteiger partial charge < -0.3 is 16.2 Å². The van der Waals surface area contributed by atoms with Gasteiger partial charge in [-0.2, -0.15) is 0 Å². The van der Waals surface area contributed by atoms with Gasteiger partial charge in [0.1, 0.15) is 0 Å². The molecule has 1 atom stereocenters. The van der Waals surface area contributed by atoms with Crippen LogP contribution in [-0.2, 0) is 4.79 Å². The van der Waals surface area contributed by atoms with Gasteiger partial charge in [0.2, 0.25) is 5.91 Å². The molecule has 0 aliphatic heterocycles. The molecule has 72 valence electrons. The number of hydrogen-bond acceptors (Lipinski definition) is 3. The number of rotatable bonds is 3. The molecule has 0 heterocycles. The molecule has 1 unspecified atom stereocenters. The predicted octanol–water partition coefficient (Wildman–Crippen LogP) is -0.366. The summed E-state index contributed by atoms with van der Waals surface area (Å²) in [5.41, 5.74) is 5.10. The maximum Gasteiger partial charge on any atom is 0.244 e. The van der Waals surface area contributed by atoms with Crippen LogP contribution in [0.4, 0.5) is 0 Å². The fraction of sp³-hybridized carbons (Fsp3) is 0.625. The molecule has 4 N–H and O–H groups in total. The molecule has 0 radical (unpaired) electrons. The molecule has 0 rings (SSSR count). The summed E-state index contributed by atoms with van der Waals surface area (Å²) in [7, 11) is 3.75. The lowest BCUT2D eigenvalue weighted by atomic mass is 10.1. The summed E-state index contributed by atoms with van der Waals surface area (Å²) in [4.78, 5) is 10.2. The quantitative estimate of drug-likeness (QED) is 0.511. The van der Waals surface area contributed by atoms with Gasteiger partial charge >= 0.3 is 0 Å². The molecule has 12 heavy (non-hydrogen) atoms. The van der Waals surface area contributed by atoms with E-state index in [0.29, 0.717) is 0 Å². The van der Waals surface area contributed by atoms with E-state index in [1.54, 1.807) is 6.92 Å². The Balaban J connectivity index is 0. The van der Waals surface area contributed by atoms with Crippen molar-refractivity contribution in [1.82, 2.24) is 5.32 Å². The Labute approximate surface area is 73.5 Å². The summed E-state index contributed by atoms with van der Waals surface area (Å²) in [6.07, 6.45) is -0.278. The molecule has 0 saturated heterocycles. The molecule has 1 amide bonds. The van der Waals surface area contributed by atoms with Crippen molar-refractivity contribution in [2.45, 2.75) is 19.4 Å². The molecule has 4 heteroatoms. The van der Waals surface area contributed by atoms with Crippen LogP contribution in [0.15, 0.2) is 12.2 Å². The van der Waals surface area contributed by atoms with Crippen LogP contribution < -0.4 is 11.1 Å². The van der Waals surface area contributed by atoms with Gasteiger partial charge in [0, 0.05) is 12.0 Å². The molecule has 0 bridgehead atoms. The van der Waals surface area contributed by atoms with E-state index in [-0.39, 0.29) is 12.0 Å². The van der Waals surface area contributed by atoms with E-state index in [0.717, 1.165) is 0 Å². The second-order valence-corrected chi connectivity index (χ2v) is 2.52. The maximum atomic E-state index is 10.2. The first-order valence-corrected chi connectivity index (χ1v) is 3.69. The van der Waals surface area contributed by atoms with Crippen molar-refractivity contribution < 1.29 is 9.90 Å². The summed E-state index contributed by atoms with van der Waals surface area (Å²) in [6, 6.07) is 0. The summed E-state index contributed by atoms with van der Waals surface area (Å²) in [5.74, 6) is -0.545. The number of primary amides is 1. The lowest BCUT2D eigenvalue weighted by Gasteiger charge is -2.01. The van der Waals surface area contributed by atoms with Gasteiger partial charge in [0.25, 0.3) is 0 Å². The van der Waals surface area contributed by atoms with Crippen LogP contribution in [0.5, 0.6) is 0 Å². The Morgan fingerprint density at radius 3 is 2.08 bits per heavy atom. The van der Waals surface area contributed by atoms with Gasteiger partial charge in [-0.05, 0) is 21.0 Å². The molecular weight excluding hydrogens is 156 g/mol. The Hall–Kier alpha value is -0.870. The van der Waals surface area contributed by atoms with Crippen LogP contribution in [0.3, 0.4) is 0 Å². The zero-order valence-corrected chi connectivity index (χ0v) is 7.92. The third-order valence-corrected chi connectivity index (χ3v) is 0.890. The number of aliphatic hydroxyl groups is 1. The zero-order valence-electron chi connectivity index (χ0n) is 7.92. The number of nitrogens with two attached hydrogens (primary N) is 1. The van der Waals surface area contributed by atoms with Crippen molar-refractivity contribution in [2.24, 2.45) is 5.73 Å². The van der Waals surface area contributed by atoms with Gasteiger partial charge in [-0.1, -0.05) is 6.58 Å². The Bertz CT molecular complexity index is 144. The molecule has 0 fully saturated rings. The molecule has 0 aliphatic carbocycles. The van der Waals surface area contributed by atoms with E-state index < -0.39 is 12.0 Å². The van der Waals surface area contributed by atoms with Gasteiger partial charge in [0.05, 0.1) is 6.10 Å². The van der Waals surface area contributed by atoms with Crippen molar-refractivity contribution >= 4 is 5.91 Å². The molecule has 0 saturated carbocycles. The van der Waals surface area contributed by atoms with Crippen LogP contribution in [0.2, 0.25) is 0 Å². The van der Waals surface area contributed by atoms with Gasteiger partial charge in [0.15, 0.2) is 0 Å². The maximum absolute atomic E-state index is 10.2. The van der Waals surface area contributed by atoms with Crippen molar-refractivity contribution in [2.75, 3.05) is 14.1 Å². The number of carbonyl (C=O) groups is 1. The average molecular weight is 174 g/mol. The standard InChI is InChI=1S/C6H11NO2.C2H7N/c1-4(6(7)9)3-5(2)8;1-3-2/h5,8H,1,3H2,2H3,(H2,7,9);3H,1-2H3. The lowest BCUT2D eigenvalue weighted by molar-refractivity contribution is -0.114. The first-order valence-electron chi connectivity index (χ1n) is 3.69. The molecule has 0 aromatic heterocycles. The highest BCUT2D eigenvalue weighted by atomic mass is 16.3. The van der Waals surface area contributed by atoms with Crippen molar-refractivity contribution in [1.29, 1.82) is 0 Å². The van der Waals surface area contributed by atoms with Crippen LogP contribution >= 0.6 is 0 Å². The lowest BCUT2D eigenvalue weighted by Crippen LogP contribution is -2.16. The van der Waals surface area contributed by atoms with E-state index in [1.165, 1.54) is 0 Å². The number of carbonyl (C=O) groups excluding carboxylic acids is 1. The van der Waals surface area contributed by atoms with Crippen LogP contribution in [0, 0.1) is 0 Å². The van der Waals surface area contributed by atoms with Gasteiger partial charge in [-0.3, -0.25) is 4.79 Å². The van der Waals surface area contributed by atoms with E-state index in [4.69, 9.17) is 10.8 Å². The number of hydrogen-bond donors (Lipinski definition) is 3. The van der Waals surface area contributed by atoms with Crippen molar-refractivity contribution in [3.8, 4) is 0 Å². The van der Waals surface area contributed by atoms with Crippen molar-refractivity contribution in [3.05, 3.63) is 12.2 Å². The molecule has 0 spiro atoms. The average Bonchev–Trinajstić information content (AvgIpc) is 1.87. The first kappa shape index (κ1) is 13.7. The number of nitrogens with one attached hydrogen (secondary N) is 1.